The van der Waals surface area contributed by atoms with Crippen LogP contribution in [0.3, 0.4) is 0 Å². The van der Waals surface area contributed by atoms with Crippen LogP contribution in [0.5, 0.6) is 5.75 Å². The van der Waals surface area contributed by atoms with Gasteiger partial charge in [0, 0.05) is 13.2 Å². The van der Waals surface area contributed by atoms with Gasteiger partial charge in [-0.25, -0.2) is 0 Å². The number of ether oxygens (including phenoxy) is 1. The van der Waals surface area contributed by atoms with Crippen LogP contribution in [0.2, 0.25) is 0 Å². The van der Waals surface area contributed by atoms with Gasteiger partial charge in [0.05, 0.1) is 0 Å². The summed E-state index contributed by atoms with van der Waals surface area (Å²) in [6.45, 7) is 3.97. The van der Waals surface area contributed by atoms with Crippen LogP contribution in [-0.2, 0) is 0 Å². The lowest BCUT2D eigenvalue weighted by Gasteiger charge is -2.19. The zero-order chi connectivity index (χ0) is 15.1. The van der Waals surface area contributed by atoms with Crippen molar-refractivity contribution < 1.29 is 14.9 Å². The fraction of sp³-hybridized carbons (Fsp3) is 0.647. The molecule has 0 heterocycles. The van der Waals surface area contributed by atoms with Crippen molar-refractivity contribution in [3.63, 3.8) is 0 Å². The number of rotatable bonds is 8. The average Bonchev–Trinajstić information content (AvgIpc) is 2.94. The van der Waals surface area contributed by atoms with Crippen molar-refractivity contribution in [3.05, 3.63) is 29.8 Å². The molecule has 1 aliphatic carbocycles. The van der Waals surface area contributed by atoms with Crippen molar-refractivity contribution in [1.29, 1.82) is 0 Å². The first kappa shape index (κ1) is 16.3. The maximum atomic E-state index is 9.96. The van der Waals surface area contributed by atoms with E-state index in [-0.39, 0.29) is 6.61 Å². The van der Waals surface area contributed by atoms with Gasteiger partial charge in [0.1, 0.15) is 18.5 Å². The first-order valence-electron chi connectivity index (χ1n) is 7.88. The van der Waals surface area contributed by atoms with Crippen LogP contribution in [-0.4, -0.2) is 42.6 Å². The Labute approximate surface area is 127 Å². The number of aryl methyl sites for hydroxylation is 1. The minimum absolute atomic E-state index is 0.283. The minimum atomic E-state index is -0.515. The van der Waals surface area contributed by atoms with Crippen LogP contribution < -0.4 is 10.1 Å². The lowest BCUT2D eigenvalue weighted by molar-refractivity contribution is 0.103. The highest BCUT2D eigenvalue weighted by Gasteiger charge is 2.26. The number of nitrogens with one attached hydrogen (secondary N) is 1. The molecule has 1 aromatic carbocycles. The Bertz CT molecular complexity index is 424. The molecule has 1 aliphatic rings. The molecule has 0 bridgehead atoms. The molecule has 0 radical (unpaired) electrons. The van der Waals surface area contributed by atoms with E-state index in [2.05, 4.69) is 5.32 Å². The van der Waals surface area contributed by atoms with E-state index < -0.39 is 6.10 Å². The molecule has 3 atom stereocenters. The Morgan fingerprint density at radius 2 is 2.05 bits per heavy atom. The fourth-order valence-corrected chi connectivity index (χ4v) is 3.02. The van der Waals surface area contributed by atoms with Crippen molar-refractivity contribution in [2.45, 2.75) is 32.3 Å². The number of hydrogen-bond donors (Lipinski definition) is 3. The molecule has 3 unspecified atom stereocenters. The summed E-state index contributed by atoms with van der Waals surface area (Å²) in [5, 5.41) is 22.5. The Balaban J connectivity index is 1.64. The summed E-state index contributed by atoms with van der Waals surface area (Å²) >= 11 is 0. The van der Waals surface area contributed by atoms with E-state index in [0.717, 1.165) is 24.3 Å². The number of aliphatic hydroxyl groups is 2. The molecular formula is C17H27NO3. The van der Waals surface area contributed by atoms with Crippen LogP contribution in [0, 0.1) is 18.8 Å². The summed E-state index contributed by atoms with van der Waals surface area (Å²) in [5.41, 5.74) is 1.08. The molecule has 1 aromatic rings. The van der Waals surface area contributed by atoms with Crippen molar-refractivity contribution in [2.24, 2.45) is 11.8 Å². The molecule has 118 valence electrons. The Hall–Kier alpha value is -1.10. The summed E-state index contributed by atoms with van der Waals surface area (Å²) < 4.78 is 5.63. The summed E-state index contributed by atoms with van der Waals surface area (Å²) in [7, 11) is 0. The van der Waals surface area contributed by atoms with Crippen molar-refractivity contribution in [1.82, 2.24) is 5.32 Å². The van der Waals surface area contributed by atoms with Crippen molar-refractivity contribution >= 4 is 0 Å². The quantitative estimate of drug-likeness (QED) is 0.683. The van der Waals surface area contributed by atoms with Crippen molar-refractivity contribution in [2.75, 3.05) is 26.3 Å². The normalized spacial score (nSPS) is 23.2. The second-order valence-corrected chi connectivity index (χ2v) is 6.02. The molecule has 2 rings (SSSR count). The molecule has 0 aromatic heterocycles. The molecule has 1 saturated carbocycles. The molecule has 21 heavy (non-hydrogen) atoms. The molecular weight excluding hydrogens is 266 g/mol. The number of para-hydroxylation sites is 1. The Kier molecular flexibility index (Phi) is 6.49. The molecule has 0 aliphatic heterocycles. The van der Waals surface area contributed by atoms with E-state index in [1.165, 1.54) is 12.8 Å². The highest BCUT2D eigenvalue weighted by molar-refractivity contribution is 5.31. The van der Waals surface area contributed by atoms with E-state index in [9.17, 15) is 10.2 Å². The molecule has 0 saturated heterocycles. The third-order valence-electron chi connectivity index (χ3n) is 4.36. The third-order valence-corrected chi connectivity index (χ3v) is 4.36. The van der Waals surface area contributed by atoms with Crippen molar-refractivity contribution in [3.8, 4) is 5.75 Å². The second-order valence-electron chi connectivity index (χ2n) is 6.02. The maximum absolute atomic E-state index is 9.96. The van der Waals surface area contributed by atoms with Gasteiger partial charge in [-0.3, -0.25) is 0 Å². The first-order chi connectivity index (χ1) is 10.2. The van der Waals surface area contributed by atoms with E-state index >= 15 is 0 Å². The highest BCUT2D eigenvalue weighted by atomic mass is 16.5. The molecule has 4 heteroatoms. The summed E-state index contributed by atoms with van der Waals surface area (Å²) in [4.78, 5) is 0. The number of aliphatic hydroxyl groups excluding tert-OH is 2. The van der Waals surface area contributed by atoms with Gasteiger partial charge < -0.3 is 20.3 Å². The first-order valence-corrected chi connectivity index (χ1v) is 7.88. The SMILES string of the molecule is Cc1ccccc1OCC(O)CNCC1CCCC1CO. The third kappa shape index (κ3) is 4.99. The fourth-order valence-electron chi connectivity index (χ4n) is 3.02. The zero-order valence-electron chi connectivity index (χ0n) is 12.8. The molecule has 0 amide bonds. The van der Waals surface area contributed by atoms with Gasteiger partial charge in [-0.2, -0.15) is 0 Å². The standard InChI is InChI=1S/C17H27NO3/c1-13-5-2-3-8-17(13)21-12-16(20)10-18-9-14-6-4-7-15(14)11-19/h2-3,5,8,14-16,18-20H,4,6-7,9-12H2,1H3. The number of hydrogen-bond acceptors (Lipinski definition) is 4. The lowest BCUT2D eigenvalue weighted by Crippen LogP contribution is -2.35. The van der Waals surface area contributed by atoms with E-state index in [1.807, 2.05) is 31.2 Å². The predicted molar refractivity (Wildman–Crippen MR) is 83.5 cm³/mol. The van der Waals surface area contributed by atoms with Gasteiger partial charge >= 0.3 is 0 Å². The van der Waals surface area contributed by atoms with Crippen LogP contribution in [0.15, 0.2) is 24.3 Å². The van der Waals surface area contributed by atoms with Gasteiger partial charge in [0.15, 0.2) is 0 Å². The molecule has 0 spiro atoms. The van der Waals surface area contributed by atoms with Crippen LogP contribution in [0.25, 0.3) is 0 Å². The van der Waals surface area contributed by atoms with Gasteiger partial charge in [0.25, 0.3) is 0 Å². The van der Waals surface area contributed by atoms with Crippen LogP contribution in [0.1, 0.15) is 24.8 Å². The largest absolute Gasteiger partial charge is 0.491 e. The zero-order valence-corrected chi connectivity index (χ0v) is 12.8. The Morgan fingerprint density at radius 3 is 2.81 bits per heavy atom. The van der Waals surface area contributed by atoms with E-state index in [0.29, 0.717) is 25.0 Å². The van der Waals surface area contributed by atoms with Gasteiger partial charge in [-0.15, -0.1) is 0 Å². The molecule has 3 N–H and O–H groups in total. The van der Waals surface area contributed by atoms with Gasteiger partial charge in [-0.05, 0) is 49.8 Å². The molecule has 1 fully saturated rings. The van der Waals surface area contributed by atoms with Gasteiger partial charge in [-0.1, -0.05) is 24.6 Å². The Morgan fingerprint density at radius 1 is 1.29 bits per heavy atom. The second kappa shape index (κ2) is 8.37. The monoisotopic (exact) mass is 293 g/mol. The average molecular weight is 293 g/mol. The van der Waals surface area contributed by atoms with E-state index in [1.54, 1.807) is 0 Å². The highest BCUT2D eigenvalue weighted by Crippen LogP contribution is 2.30. The topological polar surface area (TPSA) is 61.7 Å². The molecule has 4 nitrogen and oxygen atoms in total. The minimum Gasteiger partial charge on any atom is -0.491 e. The van der Waals surface area contributed by atoms with Crippen LogP contribution >= 0.6 is 0 Å². The smallest absolute Gasteiger partial charge is 0.122 e. The number of benzene rings is 1. The van der Waals surface area contributed by atoms with Crippen LogP contribution in [0.4, 0.5) is 0 Å². The van der Waals surface area contributed by atoms with Gasteiger partial charge in [0.2, 0.25) is 0 Å². The summed E-state index contributed by atoms with van der Waals surface area (Å²) in [6.07, 6.45) is 2.99. The predicted octanol–water partition coefficient (Wildman–Crippen LogP) is 1.73. The van der Waals surface area contributed by atoms with E-state index in [4.69, 9.17) is 4.74 Å². The maximum Gasteiger partial charge on any atom is 0.122 e. The summed E-state index contributed by atoms with van der Waals surface area (Å²) in [5.74, 6) is 1.80. The lowest BCUT2D eigenvalue weighted by atomic mass is 9.97. The summed E-state index contributed by atoms with van der Waals surface area (Å²) in [6, 6.07) is 7.82.